The van der Waals surface area contributed by atoms with Gasteiger partial charge >= 0.3 is 5.97 Å². The number of nitrogens with one attached hydrogen (secondary N) is 1. The first-order chi connectivity index (χ1) is 20.8. The first-order valence-electron chi connectivity index (χ1n) is 14.1. The minimum absolute atomic E-state index is 0.118. The number of nitrogens with zero attached hydrogens (tertiary/aromatic N) is 4. The van der Waals surface area contributed by atoms with E-state index in [-0.39, 0.29) is 5.76 Å². The van der Waals surface area contributed by atoms with Crippen LogP contribution in [0.4, 0.5) is 5.69 Å². The number of hydrogen-bond donors (Lipinski definition) is 1. The number of hydrogen-bond acceptors (Lipinski definition) is 8. The number of rotatable bonds is 12. The van der Waals surface area contributed by atoms with Gasteiger partial charge in [-0.15, -0.1) is 0 Å². The van der Waals surface area contributed by atoms with Gasteiger partial charge in [0.1, 0.15) is 11.8 Å². The normalized spacial score (nSPS) is 11.1. The highest BCUT2D eigenvalue weighted by atomic mass is 32.2. The highest BCUT2D eigenvalue weighted by Crippen LogP contribution is 2.26. The topological polar surface area (TPSA) is 113 Å². The predicted octanol–water partition coefficient (Wildman–Crippen LogP) is 6.14. The Morgan fingerprint density at radius 2 is 1.81 bits per heavy atom. The summed E-state index contributed by atoms with van der Waals surface area (Å²) in [6.45, 7) is 8.06. The van der Waals surface area contributed by atoms with Gasteiger partial charge in [0.05, 0.1) is 37.3 Å². The van der Waals surface area contributed by atoms with E-state index in [0.717, 1.165) is 35.5 Å². The van der Waals surface area contributed by atoms with E-state index in [1.165, 1.54) is 12.9 Å². The number of amides is 1. The molecule has 2 aromatic carbocycles. The van der Waals surface area contributed by atoms with Gasteiger partial charge in [0.25, 0.3) is 5.91 Å². The molecule has 0 aliphatic rings. The van der Waals surface area contributed by atoms with E-state index in [1.807, 2.05) is 72.8 Å². The molecule has 43 heavy (non-hydrogen) atoms. The third kappa shape index (κ3) is 9.51. The van der Waals surface area contributed by atoms with Crippen LogP contribution in [0.15, 0.2) is 77.6 Å². The molecule has 10 heteroatoms. The Labute approximate surface area is 257 Å². The molecular formula is C33H39N5O4S. The van der Waals surface area contributed by atoms with Crippen LogP contribution < -0.4 is 10.2 Å². The second kappa shape index (κ2) is 16.8. The number of benzene rings is 2. The summed E-state index contributed by atoms with van der Waals surface area (Å²) in [5, 5.41) is 11.6. The van der Waals surface area contributed by atoms with Crippen molar-refractivity contribution in [1.29, 1.82) is 5.26 Å². The summed E-state index contributed by atoms with van der Waals surface area (Å²) in [6.07, 6.45) is 6.79. The highest BCUT2D eigenvalue weighted by Gasteiger charge is 2.20. The number of anilines is 1. The van der Waals surface area contributed by atoms with Crippen molar-refractivity contribution in [3.8, 4) is 17.4 Å². The van der Waals surface area contributed by atoms with Gasteiger partial charge in [0.2, 0.25) is 0 Å². The van der Waals surface area contributed by atoms with Crippen molar-refractivity contribution in [1.82, 2.24) is 14.9 Å². The number of carbonyl (C=O) groups excluding carboxylic acids is 2. The molecule has 1 amide bonds. The van der Waals surface area contributed by atoms with Crippen LogP contribution in [-0.4, -0.2) is 53.1 Å². The van der Waals surface area contributed by atoms with Crippen molar-refractivity contribution in [2.75, 3.05) is 30.6 Å². The Balaban J connectivity index is 0.00000119. The Kier molecular flexibility index (Phi) is 12.9. The SMILES string of the molecule is CCCN(Cc1cncn1Cc1ccc(C#N)cc1)c1ccc(-c2ccc(C(=O)N[C@@H](C)C(=O)OC)o2)cc1.CCSC. The molecule has 0 radical (unpaired) electrons. The number of nitriles is 1. The van der Waals surface area contributed by atoms with Crippen molar-refractivity contribution >= 4 is 29.3 Å². The summed E-state index contributed by atoms with van der Waals surface area (Å²) in [6, 6.07) is 20.3. The molecule has 226 valence electrons. The van der Waals surface area contributed by atoms with Crippen molar-refractivity contribution in [2.45, 2.75) is 46.3 Å². The molecule has 4 rings (SSSR count). The van der Waals surface area contributed by atoms with Crippen LogP contribution in [0.25, 0.3) is 11.3 Å². The predicted molar refractivity (Wildman–Crippen MR) is 171 cm³/mol. The Morgan fingerprint density at radius 3 is 2.42 bits per heavy atom. The summed E-state index contributed by atoms with van der Waals surface area (Å²) in [5.74, 6) is 0.898. The largest absolute Gasteiger partial charge is 0.467 e. The lowest BCUT2D eigenvalue weighted by Gasteiger charge is -2.25. The molecule has 9 nitrogen and oxygen atoms in total. The Hall–Kier alpha value is -4.49. The molecule has 0 bridgehead atoms. The summed E-state index contributed by atoms with van der Waals surface area (Å²) in [4.78, 5) is 30.7. The number of furan rings is 1. The fraction of sp³-hybridized carbons (Fsp3) is 0.333. The molecule has 0 unspecified atom stereocenters. The number of ether oxygens (including phenoxy) is 1. The van der Waals surface area contributed by atoms with Gasteiger partial charge in [-0.2, -0.15) is 17.0 Å². The third-order valence-electron chi connectivity index (χ3n) is 6.62. The molecule has 0 spiro atoms. The average molecular weight is 602 g/mol. The van der Waals surface area contributed by atoms with Crippen LogP contribution in [-0.2, 0) is 22.6 Å². The number of carbonyl (C=O) groups is 2. The maximum absolute atomic E-state index is 12.4. The first-order valence-corrected chi connectivity index (χ1v) is 15.5. The van der Waals surface area contributed by atoms with Gasteiger partial charge < -0.3 is 23.9 Å². The standard InChI is InChI=1S/C30H31N5O4.C3H8S/c1-4-15-34(19-26-17-32-20-35(26)18-23-7-5-22(16-31)6-8-23)25-11-9-24(10-12-25)27-13-14-28(39-27)29(36)33-21(2)30(37)38-3;1-3-4-2/h5-14,17,20-21H,4,15,18-19H2,1-3H3,(H,33,36);3H2,1-2H3/t21-;/m0./s1. The summed E-state index contributed by atoms with van der Waals surface area (Å²) in [5.41, 5.74) is 4.72. The third-order valence-corrected chi connectivity index (χ3v) is 7.20. The van der Waals surface area contributed by atoms with E-state index in [1.54, 1.807) is 19.1 Å². The Bertz CT molecular complexity index is 1490. The lowest BCUT2D eigenvalue weighted by molar-refractivity contribution is -0.142. The molecule has 0 aliphatic heterocycles. The summed E-state index contributed by atoms with van der Waals surface area (Å²) >= 11 is 1.86. The van der Waals surface area contributed by atoms with E-state index in [0.29, 0.717) is 24.4 Å². The van der Waals surface area contributed by atoms with Gasteiger partial charge in [-0.3, -0.25) is 4.79 Å². The lowest BCUT2D eigenvalue weighted by Crippen LogP contribution is -2.38. The number of aromatic nitrogens is 2. The van der Waals surface area contributed by atoms with Crippen LogP contribution in [0.5, 0.6) is 0 Å². The number of methoxy groups -OCH3 is 1. The molecule has 2 heterocycles. The van der Waals surface area contributed by atoms with Crippen LogP contribution in [0.3, 0.4) is 0 Å². The summed E-state index contributed by atoms with van der Waals surface area (Å²) in [7, 11) is 1.27. The fourth-order valence-electron chi connectivity index (χ4n) is 4.22. The van der Waals surface area contributed by atoms with Gasteiger partial charge in [0.15, 0.2) is 5.76 Å². The molecule has 1 atom stereocenters. The number of thioether (sulfide) groups is 1. The maximum atomic E-state index is 12.4. The van der Waals surface area contributed by atoms with Crippen molar-refractivity contribution < 1.29 is 18.7 Å². The van der Waals surface area contributed by atoms with E-state index < -0.39 is 17.9 Å². The molecule has 1 N–H and O–H groups in total. The molecule has 4 aromatic rings. The van der Waals surface area contributed by atoms with Gasteiger partial charge in [-0.1, -0.05) is 26.0 Å². The first kappa shape index (κ1) is 33.0. The van der Waals surface area contributed by atoms with Crippen LogP contribution in [0, 0.1) is 11.3 Å². The minimum Gasteiger partial charge on any atom is -0.467 e. The molecule has 0 saturated carbocycles. The van der Waals surface area contributed by atoms with E-state index >= 15 is 0 Å². The fourth-order valence-corrected chi connectivity index (χ4v) is 4.22. The van der Waals surface area contributed by atoms with Crippen molar-refractivity contribution in [3.63, 3.8) is 0 Å². The quantitative estimate of drug-likeness (QED) is 0.193. The smallest absolute Gasteiger partial charge is 0.328 e. The monoisotopic (exact) mass is 601 g/mol. The van der Waals surface area contributed by atoms with Gasteiger partial charge in [0, 0.05) is 30.5 Å². The molecular weight excluding hydrogens is 562 g/mol. The molecule has 2 aromatic heterocycles. The second-order valence-electron chi connectivity index (χ2n) is 9.75. The van der Waals surface area contributed by atoms with E-state index in [2.05, 4.69) is 50.7 Å². The zero-order valence-electron chi connectivity index (χ0n) is 25.4. The Morgan fingerprint density at radius 1 is 1.12 bits per heavy atom. The summed E-state index contributed by atoms with van der Waals surface area (Å²) < 4.78 is 12.5. The number of imidazole rings is 1. The number of esters is 1. The zero-order valence-corrected chi connectivity index (χ0v) is 26.2. The molecule has 0 saturated heterocycles. The van der Waals surface area contributed by atoms with Crippen molar-refractivity contribution in [2.24, 2.45) is 0 Å². The van der Waals surface area contributed by atoms with E-state index in [4.69, 9.17) is 9.68 Å². The van der Waals surface area contributed by atoms with E-state index in [9.17, 15) is 9.59 Å². The van der Waals surface area contributed by atoms with Crippen LogP contribution >= 0.6 is 11.8 Å². The minimum atomic E-state index is -0.777. The maximum Gasteiger partial charge on any atom is 0.328 e. The molecule has 0 fully saturated rings. The van der Waals surface area contributed by atoms with Crippen LogP contribution in [0.2, 0.25) is 0 Å². The van der Waals surface area contributed by atoms with Gasteiger partial charge in [-0.25, -0.2) is 9.78 Å². The van der Waals surface area contributed by atoms with Crippen molar-refractivity contribution in [3.05, 3.63) is 95.8 Å². The lowest BCUT2D eigenvalue weighted by atomic mass is 10.1. The van der Waals surface area contributed by atoms with Gasteiger partial charge in [-0.05, 0) is 79.4 Å². The second-order valence-corrected chi connectivity index (χ2v) is 10.9. The zero-order chi connectivity index (χ0) is 31.2. The highest BCUT2D eigenvalue weighted by molar-refractivity contribution is 7.98. The molecule has 0 aliphatic carbocycles. The average Bonchev–Trinajstić information content (AvgIpc) is 3.71. The van der Waals surface area contributed by atoms with Crippen LogP contribution in [0.1, 0.15) is 54.6 Å².